The van der Waals surface area contributed by atoms with Gasteiger partial charge in [-0.1, -0.05) is 0 Å². The van der Waals surface area contributed by atoms with Crippen molar-refractivity contribution >= 4 is 22.8 Å². The first-order valence-electron chi connectivity index (χ1n) is 10.0. The zero-order valence-corrected chi connectivity index (χ0v) is 15.8. The largest absolute Gasteiger partial charge is 0.477 e. The molecule has 0 unspecified atom stereocenters. The number of rotatable bonds is 6. The Kier molecular flexibility index (Phi) is 4.31. The van der Waals surface area contributed by atoms with Gasteiger partial charge in [-0.2, -0.15) is 0 Å². The summed E-state index contributed by atoms with van der Waals surface area (Å²) in [4.78, 5) is 29.9. The molecule has 3 heterocycles. The monoisotopic (exact) mass is 404 g/mol. The fourth-order valence-electron chi connectivity index (χ4n) is 4.05. The number of aromatic carboxylic acids is 1. The van der Waals surface area contributed by atoms with E-state index in [4.69, 9.17) is 0 Å². The van der Waals surface area contributed by atoms with E-state index in [9.17, 15) is 23.5 Å². The molecular formula is C20H22F2N4O3. The molecule has 2 saturated carbocycles. The van der Waals surface area contributed by atoms with Crippen LogP contribution in [0.15, 0.2) is 17.1 Å². The molecule has 2 aliphatic carbocycles. The van der Waals surface area contributed by atoms with Crippen LogP contribution < -0.4 is 15.6 Å². The summed E-state index contributed by atoms with van der Waals surface area (Å²) in [7, 11) is 0. The average Bonchev–Trinajstić information content (AvgIpc) is 3.59. The first kappa shape index (κ1) is 18.5. The number of fused-ring (bicyclic) bond motifs is 1. The maximum Gasteiger partial charge on any atom is 0.341 e. The van der Waals surface area contributed by atoms with Gasteiger partial charge >= 0.3 is 5.97 Å². The first-order valence-corrected chi connectivity index (χ1v) is 10.0. The molecule has 0 bridgehead atoms. The van der Waals surface area contributed by atoms with Gasteiger partial charge < -0.3 is 19.9 Å². The summed E-state index contributed by atoms with van der Waals surface area (Å²) in [5.41, 5.74) is -0.887. The minimum atomic E-state index is -1.35. The van der Waals surface area contributed by atoms with Crippen molar-refractivity contribution in [2.24, 2.45) is 5.92 Å². The van der Waals surface area contributed by atoms with E-state index >= 15 is 0 Å². The lowest BCUT2D eigenvalue weighted by molar-refractivity contribution is 0.0695. The van der Waals surface area contributed by atoms with Gasteiger partial charge in [0.25, 0.3) is 0 Å². The minimum Gasteiger partial charge on any atom is -0.477 e. The van der Waals surface area contributed by atoms with E-state index in [2.05, 4.69) is 10.3 Å². The van der Waals surface area contributed by atoms with Gasteiger partial charge in [0.15, 0.2) is 11.6 Å². The van der Waals surface area contributed by atoms with E-state index in [1.807, 2.05) is 0 Å². The molecule has 0 spiro atoms. The van der Waals surface area contributed by atoms with Crippen molar-refractivity contribution in [3.05, 3.63) is 33.9 Å². The Morgan fingerprint density at radius 2 is 2.03 bits per heavy atom. The summed E-state index contributed by atoms with van der Waals surface area (Å²) >= 11 is 0. The highest BCUT2D eigenvalue weighted by Crippen LogP contribution is 2.37. The van der Waals surface area contributed by atoms with Crippen molar-refractivity contribution in [2.75, 3.05) is 24.5 Å². The quantitative estimate of drug-likeness (QED) is 0.767. The molecule has 9 heteroatoms. The molecule has 0 aromatic carbocycles. The molecule has 0 radical (unpaired) electrons. The third-order valence-electron chi connectivity index (χ3n) is 6.02. The molecule has 7 nitrogen and oxygen atoms in total. The summed E-state index contributed by atoms with van der Waals surface area (Å²) in [5.74, 6) is -2.30. The van der Waals surface area contributed by atoms with Crippen LogP contribution in [0.1, 0.15) is 42.1 Å². The van der Waals surface area contributed by atoms with Gasteiger partial charge in [-0.05, 0) is 31.7 Å². The molecule has 1 aliphatic heterocycles. The van der Waals surface area contributed by atoms with Gasteiger partial charge in [-0.15, -0.1) is 0 Å². The zero-order valence-electron chi connectivity index (χ0n) is 15.8. The lowest BCUT2D eigenvalue weighted by Gasteiger charge is -2.20. The van der Waals surface area contributed by atoms with Gasteiger partial charge in [-0.3, -0.25) is 4.79 Å². The van der Waals surface area contributed by atoms with Crippen molar-refractivity contribution < 1.29 is 18.7 Å². The number of halogens is 2. The Hall–Kier alpha value is -2.55. The number of pyridine rings is 2. The number of nitrogens with one attached hydrogen (secondary N) is 1. The third-order valence-corrected chi connectivity index (χ3v) is 6.02. The fourth-order valence-corrected chi connectivity index (χ4v) is 4.05. The molecule has 3 aliphatic rings. The molecule has 2 aromatic heterocycles. The Balaban J connectivity index is 1.52. The molecule has 29 heavy (non-hydrogen) atoms. The predicted molar refractivity (Wildman–Crippen MR) is 103 cm³/mol. The number of carbonyl (C=O) groups is 1. The first-order chi connectivity index (χ1) is 13.9. The highest BCUT2D eigenvalue weighted by atomic mass is 19.1. The fraction of sp³-hybridized carbons (Fsp3) is 0.550. The van der Waals surface area contributed by atoms with E-state index in [0.29, 0.717) is 19.1 Å². The van der Waals surface area contributed by atoms with Crippen LogP contribution in [0.25, 0.3) is 11.0 Å². The summed E-state index contributed by atoms with van der Waals surface area (Å²) in [6.07, 6.45) is 4.13. The third kappa shape index (κ3) is 3.37. The van der Waals surface area contributed by atoms with Crippen LogP contribution in [0.3, 0.4) is 0 Å². The van der Waals surface area contributed by atoms with Crippen molar-refractivity contribution in [1.29, 1.82) is 0 Å². The molecule has 1 saturated heterocycles. The number of hydrogen-bond donors (Lipinski definition) is 2. The molecule has 2 aromatic rings. The van der Waals surface area contributed by atoms with Gasteiger partial charge in [0.05, 0.1) is 11.9 Å². The SMILES string of the molecule is O=C(O)c1cn(C2CC2)c2nc(N3C[C@H](CNC4CC4)[C@H](F)C3)c(F)cc2c1=O. The summed E-state index contributed by atoms with van der Waals surface area (Å²) < 4.78 is 31.0. The predicted octanol–water partition coefficient (Wildman–Crippen LogP) is 2.09. The second kappa shape index (κ2) is 6.76. The summed E-state index contributed by atoms with van der Waals surface area (Å²) in [6.45, 7) is 0.941. The van der Waals surface area contributed by atoms with Gasteiger partial charge in [0, 0.05) is 37.3 Å². The lowest BCUT2D eigenvalue weighted by atomic mass is 10.1. The van der Waals surface area contributed by atoms with Crippen LogP contribution in [0.4, 0.5) is 14.6 Å². The van der Waals surface area contributed by atoms with E-state index in [1.54, 1.807) is 9.47 Å². The number of hydrogen-bond acceptors (Lipinski definition) is 5. The average molecular weight is 404 g/mol. The number of nitrogens with zero attached hydrogens (tertiary/aromatic N) is 3. The maximum atomic E-state index is 14.9. The zero-order chi connectivity index (χ0) is 20.3. The van der Waals surface area contributed by atoms with Crippen LogP contribution in [0.2, 0.25) is 0 Å². The Morgan fingerprint density at radius 1 is 1.28 bits per heavy atom. The van der Waals surface area contributed by atoms with Crippen LogP contribution in [0, 0.1) is 11.7 Å². The minimum absolute atomic E-state index is 0.0194. The Morgan fingerprint density at radius 3 is 2.69 bits per heavy atom. The lowest BCUT2D eigenvalue weighted by Crippen LogP contribution is -2.30. The van der Waals surface area contributed by atoms with Gasteiger partial charge in [0.1, 0.15) is 17.4 Å². The Labute approximate surface area is 165 Å². The highest BCUT2D eigenvalue weighted by molar-refractivity contribution is 5.92. The standard InChI is InChI=1S/C20H22F2N4O3/c21-15-5-13-17(27)14(20(28)29)8-26(12-3-4-12)18(13)24-19(15)25-7-10(16(22)9-25)6-23-11-1-2-11/h5,8,10-12,16,23H,1-4,6-7,9H2,(H,28,29)/t10-,16+/m0/s1. The number of carboxylic acids is 1. The molecule has 2 N–H and O–H groups in total. The second-order valence-electron chi connectivity index (χ2n) is 8.34. The normalized spacial score (nSPS) is 24.4. The van der Waals surface area contributed by atoms with Crippen LogP contribution >= 0.6 is 0 Å². The molecular weight excluding hydrogens is 382 g/mol. The van der Waals surface area contributed by atoms with Crippen molar-refractivity contribution in [3.63, 3.8) is 0 Å². The van der Waals surface area contributed by atoms with Crippen LogP contribution in [-0.4, -0.2) is 52.5 Å². The Bertz CT molecular complexity index is 1050. The maximum absolute atomic E-state index is 14.9. The highest BCUT2D eigenvalue weighted by Gasteiger charge is 2.36. The van der Waals surface area contributed by atoms with E-state index in [1.165, 1.54) is 6.20 Å². The van der Waals surface area contributed by atoms with Gasteiger partial charge in [-0.25, -0.2) is 18.6 Å². The van der Waals surface area contributed by atoms with Crippen molar-refractivity contribution in [1.82, 2.24) is 14.9 Å². The summed E-state index contributed by atoms with van der Waals surface area (Å²) in [6, 6.07) is 1.57. The van der Waals surface area contributed by atoms with Crippen molar-refractivity contribution in [3.8, 4) is 0 Å². The topological polar surface area (TPSA) is 87.5 Å². The van der Waals surface area contributed by atoms with Gasteiger partial charge in [0.2, 0.25) is 5.43 Å². The number of aromatic nitrogens is 2. The van der Waals surface area contributed by atoms with Crippen molar-refractivity contribution in [2.45, 2.75) is 43.9 Å². The number of anilines is 1. The molecule has 3 fully saturated rings. The smallest absolute Gasteiger partial charge is 0.341 e. The second-order valence-corrected chi connectivity index (χ2v) is 8.34. The molecule has 2 atom stereocenters. The summed E-state index contributed by atoms with van der Waals surface area (Å²) in [5, 5.41) is 12.6. The molecule has 0 amide bonds. The number of carboxylic acid groups (broad SMARTS) is 1. The molecule has 154 valence electrons. The number of alkyl halides is 1. The van der Waals surface area contributed by atoms with E-state index in [0.717, 1.165) is 31.7 Å². The van der Waals surface area contributed by atoms with Crippen LogP contribution in [-0.2, 0) is 0 Å². The van der Waals surface area contributed by atoms with E-state index < -0.39 is 29.0 Å². The van der Waals surface area contributed by atoms with Crippen LogP contribution in [0.5, 0.6) is 0 Å². The van der Waals surface area contributed by atoms with E-state index in [-0.39, 0.29) is 35.4 Å². The molecule has 5 rings (SSSR count).